The summed E-state index contributed by atoms with van der Waals surface area (Å²) in [5.74, 6) is -0.315. The number of nitrogens with zero attached hydrogens (tertiary/aromatic N) is 2. The number of para-hydroxylation sites is 1. The van der Waals surface area contributed by atoms with Crippen LogP contribution in [0.1, 0.15) is 10.4 Å². The Labute approximate surface area is 123 Å². The molecule has 0 saturated heterocycles. The van der Waals surface area contributed by atoms with Crippen molar-refractivity contribution in [3.05, 3.63) is 52.0 Å². The number of anilines is 1. The van der Waals surface area contributed by atoms with Gasteiger partial charge in [0.05, 0.1) is 15.7 Å². The molecule has 0 aliphatic rings. The normalized spacial score (nSPS) is 10.7. The van der Waals surface area contributed by atoms with Crippen LogP contribution in [0.25, 0.3) is 11.0 Å². The number of amides is 1. The van der Waals surface area contributed by atoms with E-state index in [1.54, 1.807) is 36.4 Å². The van der Waals surface area contributed by atoms with E-state index in [4.69, 9.17) is 23.2 Å². The Bertz CT molecular complexity index is 780. The Morgan fingerprint density at radius 3 is 2.50 bits per heavy atom. The molecule has 1 heterocycles. The summed E-state index contributed by atoms with van der Waals surface area (Å²) in [6, 6.07) is 10.0. The van der Waals surface area contributed by atoms with E-state index in [9.17, 15) is 4.79 Å². The Morgan fingerprint density at radius 1 is 1.05 bits per heavy atom. The van der Waals surface area contributed by atoms with Gasteiger partial charge in [0, 0.05) is 5.56 Å². The van der Waals surface area contributed by atoms with Crippen LogP contribution in [0.2, 0.25) is 10.0 Å². The molecule has 0 aliphatic carbocycles. The molecule has 0 saturated carbocycles. The number of fused-ring (bicyclic) bond motifs is 1. The Hall–Kier alpha value is -2.11. The number of carbonyl (C=O) groups is 1. The molecule has 5 nitrogen and oxygen atoms in total. The molecule has 0 radical (unpaired) electrons. The lowest BCUT2D eigenvalue weighted by Gasteiger charge is -2.08. The number of nitrogens with one attached hydrogen (secondary N) is 2. The van der Waals surface area contributed by atoms with E-state index >= 15 is 0 Å². The highest BCUT2D eigenvalue weighted by atomic mass is 35.5. The minimum absolute atomic E-state index is 0.315. The second-order valence-corrected chi connectivity index (χ2v) is 4.89. The monoisotopic (exact) mass is 306 g/mol. The minimum atomic E-state index is -0.315. The van der Waals surface area contributed by atoms with Crippen LogP contribution in [0.15, 0.2) is 36.4 Å². The van der Waals surface area contributed by atoms with Gasteiger partial charge < -0.3 is 5.32 Å². The fourth-order valence-electron chi connectivity index (χ4n) is 1.78. The van der Waals surface area contributed by atoms with Crippen LogP contribution in [0, 0.1) is 0 Å². The fraction of sp³-hybridized carbons (Fsp3) is 0. The maximum Gasteiger partial charge on any atom is 0.255 e. The first-order valence-electron chi connectivity index (χ1n) is 5.71. The zero-order valence-corrected chi connectivity index (χ0v) is 11.5. The van der Waals surface area contributed by atoms with Crippen LogP contribution in [0.4, 0.5) is 5.69 Å². The number of hydrogen-bond acceptors (Lipinski definition) is 3. The van der Waals surface area contributed by atoms with Crippen LogP contribution < -0.4 is 5.32 Å². The first-order valence-corrected chi connectivity index (χ1v) is 6.46. The number of H-pyrrole nitrogens is 1. The summed E-state index contributed by atoms with van der Waals surface area (Å²) >= 11 is 12.0. The lowest BCUT2D eigenvalue weighted by Crippen LogP contribution is -2.12. The minimum Gasteiger partial charge on any atom is -0.319 e. The van der Waals surface area contributed by atoms with Gasteiger partial charge in [0.25, 0.3) is 5.91 Å². The summed E-state index contributed by atoms with van der Waals surface area (Å²) < 4.78 is 0. The third-order valence-corrected chi connectivity index (χ3v) is 3.41. The van der Waals surface area contributed by atoms with Crippen molar-refractivity contribution >= 4 is 45.8 Å². The zero-order valence-electron chi connectivity index (χ0n) is 10.0. The Kier molecular flexibility index (Phi) is 3.30. The van der Waals surface area contributed by atoms with Crippen molar-refractivity contribution in [3.63, 3.8) is 0 Å². The quantitative estimate of drug-likeness (QED) is 0.761. The first kappa shape index (κ1) is 12.9. The number of aromatic nitrogens is 3. The maximum absolute atomic E-state index is 12.2. The van der Waals surface area contributed by atoms with Gasteiger partial charge in [0.2, 0.25) is 0 Å². The molecule has 0 bridgehead atoms. The van der Waals surface area contributed by atoms with Crippen LogP contribution in [0.3, 0.4) is 0 Å². The lowest BCUT2D eigenvalue weighted by atomic mass is 10.2. The molecule has 0 fully saturated rings. The molecule has 1 aromatic heterocycles. The molecule has 0 atom stereocenters. The summed E-state index contributed by atoms with van der Waals surface area (Å²) in [6.45, 7) is 0. The summed E-state index contributed by atoms with van der Waals surface area (Å²) in [5, 5.41) is 13.8. The topological polar surface area (TPSA) is 70.7 Å². The lowest BCUT2D eigenvalue weighted by molar-refractivity contribution is 0.102. The van der Waals surface area contributed by atoms with Gasteiger partial charge in [-0.2, -0.15) is 15.4 Å². The van der Waals surface area contributed by atoms with Gasteiger partial charge in [-0.15, -0.1) is 0 Å². The third kappa shape index (κ3) is 2.33. The molecule has 3 rings (SSSR count). The van der Waals surface area contributed by atoms with Gasteiger partial charge in [-0.3, -0.25) is 4.79 Å². The summed E-state index contributed by atoms with van der Waals surface area (Å²) in [5.41, 5.74) is 2.14. The highest BCUT2D eigenvalue weighted by molar-refractivity contribution is 6.40. The largest absolute Gasteiger partial charge is 0.319 e. The molecular formula is C13H8Cl2N4O. The molecule has 0 unspecified atom stereocenters. The average molecular weight is 307 g/mol. The molecule has 7 heteroatoms. The van der Waals surface area contributed by atoms with E-state index in [0.717, 1.165) is 0 Å². The van der Waals surface area contributed by atoms with Crippen molar-refractivity contribution in [1.29, 1.82) is 0 Å². The number of hydrogen-bond donors (Lipinski definition) is 2. The van der Waals surface area contributed by atoms with Crippen LogP contribution in [0.5, 0.6) is 0 Å². The summed E-state index contributed by atoms with van der Waals surface area (Å²) in [4.78, 5) is 12.2. The molecule has 20 heavy (non-hydrogen) atoms. The van der Waals surface area contributed by atoms with Crippen LogP contribution >= 0.6 is 23.2 Å². The molecule has 2 aromatic carbocycles. The van der Waals surface area contributed by atoms with Gasteiger partial charge in [-0.1, -0.05) is 29.3 Å². The fourth-order valence-corrected chi connectivity index (χ4v) is 2.28. The molecule has 100 valence electrons. The van der Waals surface area contributed by atoms with E-state index in [1.807, 2.05) is 0 Å². The van der Waals surface area contributed by atoms with Gasteiger partial charge in [-0.25, -0.2) is 0 Å². The average Bonchev–Trinajstić information content (AvgIpc) is 2.90. The molecule has 0 spiro atoms. The summed E-state index contributed by atoms with van der Waals surface area (Å²) in [6.07, 6.45) is 0. The smallest absolute Gasteiger partial charge is 0.255 e. The van der Waals surface area contributed by atoms with E-state index in [1.165, 1.54) is 0 Å². The molecule has 1 amide bonds. The van der Waals surface area contributed by atoms with Crippen molar-refractivity contribution in [2.24, 2.45) is 0 Å². The number of carbonyl (C=O) groups excluding carboxylic acids is 1. The van der Waals surface area contributed by atoms with Crippen molar-refractivity contribution in [2.45, 2.75) is 0 Å². The zero-order chi connectivity index (χ0) is 14.1. The van der Waals surface area contributed by atoms with Crippen molar-refractivity contribution in [3.8, 4) is 0 Å². The number of aromatic amines is 1. The van der Waals surface area contributed by atoms with Crippen molar-refractivity contribution < 1.29 is 4.79 Å². The van der Waals surface area contributed by atoms with Gasteiger partial charge in [0.1, 0.15) is 11.0 Å². The van der Waals surface area contributed by atoms with Crippen LogP contribution in [-0.2, 0) is 0 Å². The predicted molar refractivity (Wildman–Crippen MR) is 78.3 cm³/mol. The van der Waals surface area contributed by atoms with E-state index < -0.39 is 0 Å². The van der Waals surface area contributed by atoms with Crippen molar-refractivity contribution in [2.75, 3.05) is 5.32 Å². The SMILES string of the molecule is O=C(Nc1c(Cl)cccc1Cl)c1ccc2n[nH]nc2c1. The Balaban J connectivity index is 1.92. The van der Waals surface area contributed by atoms with Crippen LogP contribution in [-0.4, -0.2) is 21.3 Å². The standard InChI is InChI=1S/C13H8Cl2N4O/c14-8-2-1-3-9(15)12(8)16-13(20)7-4-5-10-11(6-7)18-19-17-10/h1-6H,(H,16,20)(H,17,18,19). The van der Waals surface area contributed by atoms with E-state index in [2.05, 4.69) is 20.7 Å². The van der Waals surface area contributed by atoms with Crippen molar-refractivity contribution in [1.82, 2.24) is 15.4 Å². The number of benzene rings is 2. The highest BCUT2D eigenvalue weighted by Crippen LogP contribution is 2.30. The predicted octanol–water partition coefficient (Wildman–Crippen LogP) is 3.52. The van der Waals surface area contributed by atoms with E-state index in [-0.39, 0.29) is 5.91 Å². The van der Waals surface area contributed by atoms with Gasteiger partial charge in [-0.05, 0) is 30.3 Å². The molecular weight excluding hydrogens is 299 g/mol. The number of rotatable bonds is 2. The maximum atomic E-state index is 12.2. The molecule has 0 aliphatic heterocycles. The second kappa shape index (κ2) is 5.11. The second-order valence-electron chi connectivity index (χ2n) is 4.08. The van der Waals surface area contributed by atoms with Gasteiger partial charge >= 0.3 is 0 Å². The molecule has 3 aromatic rings. The Morgan fingerprint density at radius 2 is 1.75 bits per heavy atom. The number of halogens is 2. The van der Waals surface area contributed by atoms with Gasteiger partial charge in [0.15, 0.2) is 0 Å². The summed E-state index contributed by atoms with van der Waals surface area (Å²) in [7, 11) is 0. The highest BCUT2D eigenvalue weighted by Gasteiger charge is 2.12. The first-order chi connectivity index (χ1) is 9.65. The third-order valence-electron chi connectivity index (χ3n) is 2.78. The van der Waals surface area contributed by atoms with E-state index in [0.29, 0.717) is 32.3 Å². The molecule has 2 N–H and O–H groups in total.